The molecule has 0 amide bonds. The summed E-state index contributed by atoms with van der Waals surface area (Å²) in [5.41, 5.74) is 4.25. The molecule has 1 aromatic carbocycles. The average Bonchev–Trinajstić information content (AvgIpc) is 2.95. The quantitative estimate of drug-likeness (QED) is 0.781. The summed E-state index contributed by atoms with van der Waals surface area (Å²) in [5, 5.41) is 6.93. The van der Waals surface area contributed by atoms with Crippen LogP contribution in [0.15, 0.2) is 18.2 Å². The van der Waals surface area contributed by atoms with Crippen molar-refractivity contribution in [2.75, 3.05) is 18.4 Å². The Labute approximate surface area is 91.1 Å². The van der Waals surface area contributed by atoms with Crippen LogP contribution in [0.3, 0.4) is 0 Å². The van der Waals surface area contributed by atoms with Crippen LogP contribution in [-0.4, -0.2) is 13.1 Å². The van der Waals surface area contributed by atoms with Gasteiger partial charge in [-0.15, -0.1) is 0 Å². The third kappa shape index (κ3) is 2.15. The average molecular weight is 202 g/mol. The van der Waals surface area contributed by atoms with Crippen LogP contribution in [0.2, 0.25) is 0 Å². The van der Waals surface area contributed by atoms with E-state index in [1.165, 1.54) is 42.6 Å². The molecule has 15 heavy (non-hydrogen) atoms. The minimum atomic E-state index is 0.973. The van der Waals surface area contributed by atoms with Crippen LogP contribution >= 0.6 is 0 Å². The van der Waals surface area contributed by atoms with Gasteiger partial charge in [-0.1, -0.05) is 12.1 Å². The Kier molecular flexibility index (Phi) is 2.37. The molecular formula is C13H18N2. The zero-order chi connectivity index (χ0) is 10.1. The minimum absolute atomic E-state index is 0.973. The molecule has 2 nitrogen and oxygen atoms in total. The first kappa shape index (κ1) is 9.22. The summed E-state index contributed by atoms with van der Waals surface area (Å²) in [4.78, 5) is 0. The molecule has 1 heterocycles. The van der Waals surface area contributed by atoms with Crippen LogP contribution in [0, 0.1) is 5.92 Å². The van der Waals surface area contributed by atoms with E-state index in [0.717, 1.165) is 19.0 Å². The molecule has 0 unspecified atom stereocenters. The molecule has 1 aliphatic heterocycles. The van der Waals surface area contributed by atoms with Crippen molar-refractivity contribution in [2.24, 2.45) is 5.92 Å². The van der Waals surface area contributed by atoms with E-state index >= 15 is 0 Å². The van der Waals surface area contributed by atoms with Gasteiger partial charge in [-0.05, 0) is 48.9 Å². The van der Waals surface area contributed by atoms with E-state index in [-0.39, 0.29) is 0 Å². The Morgan fingerprint density at radius 2 is 2.27 bits per heavy atom. The lowest BCUT2D eigenvalue weighted by molar-refractivity contribution is 0.638. The Bertz CT molecular complexity index is 356. The highest BCUT2D eigenvalue weighted by Gasteiger charge is 2.20. The lowest BCUT2D eigenvalue weighted by Crippen LogP contribution is -2.16. The van der Waals surface area contributed by atoms with Crippen molar-refractivity contribution >= 4 is 5.69 Å². The van der Waals surface area contributed by atoms with E-state index < -0.39 is 0 Å². The van der Waals surface area contributed by atoms with Crippen LogP contribution in [0.4, 0.5) is 5.69 Å². The zero-order valence-electron chi connectivity index (χ0n) is 9.05. The van der Waals surface area contributed by atoms with Gasteiger partial charge in [-0.3, -0.25) is 0 Å². The molecule has 1 aromatic rings. The molecule has 0 saturated heterocycles. The molecule has 0 aromatic heterocycles. The fourth-order valence-corrected chi connectivity index (χ4v) is 2.21. The summed E-state index contributed by atoms with van der Waals surface area (Å²) in [7, 11) is 0. The highest BCUT2D eigenvalue weighted by atomic mass is 14.9. The molecule has 3 rings (SSSR count). The SMILES string of the molecule is c1cc2c(cc1CNCC1CC1)CCN2. The number of hydrogen-bond acceptors (Lipinski definition) is 2. The van der Waals surface area contributed by atoms with Gasteiger partial charge >= 0.3 is 0 Å². The largest absolute Gasteiger partial charge is 0.384 e. The van der Waals surface area contributed by atoms with Crippen LogP contribution in [0.1, 0.15) is 24.0 Å². The highest BCUT2D eigenvalue weighted by molar-refractivity contribution is 5.56. The fraction of sp³-hybridized carbons (Fsp3) is 0.538. The highest BCUT2D eigenvalue weighted by Crippen LogP contribution is 2.28. The first-order valence-electron chi connectivity index (χ1n) is 5.98. The Morgan fingerprint density at radius 1 is 1.33 bits per heavy atom. The number of benzene rings is 1. The smallest absolute Gasteiger partial charge is 0.0373 e. The van der Waals surface area contributed by atoms with E-state index in [1.807, 2.05) is 0 Å². The van der Waals surface area contributed by atoms with Crippen molar-refractivity contribution < 1.29 is 0 Å². The van der Waals surface area contributed by atoms with Gasteiger partial charge in [-0.25, -0.2) is 0 Å². The van der Waals surface area contributed by atoms with Gasteiger partial charge in [0, 0.05) is 18.8 Å². The predicted octanol–water partition coefficient (Wildman–Crippen LogP) is 2.15. The summed E-state index contributed by atoms with van der Waals surface area (Å²) < 4.78 is 0. The summed E-state index contributed by atoms with van der Waals surface area (Å²) in [6, 6.07) is 6.79. The van der Waals surface area contributed by atoms with E-state index in [9.17, 15) is 0 Å². The second-order valence-electron chi connectivity index (χ2n) is 4.74. The summed E-state index contributed by atoms with van der Waals surface area (Å²) in [6.07, 6.45) is 4.05. The third-order valence-corrected chi connectivity index (χ3v) is 3.34. The molecule has 80 valence electrons. The van der Waals surface area contributed by atoms with Gasteiger partial charge in [0.2, 0.25) is 0 Å². The van der Waals surface area contributed by atoms with Crippen molar-refractivity contribution in [2.45, 2.75) is 25.8 Å². The summed E-state index contributed by atoms with van der Waals surface area (Å²) in [6.45, 7) is 3.34. The third-order valence-electron chi connectivity index (χ3n) is 3.34. The van der Waals surface area contributed by atoms with Crippen molar-refractivity contribution in [3.05, 3.63) is 29.3 Å². The van der Waals surface area contributed by atoms with Gasteiger partial charge < -0.3 is 10.6 Å². The van der Waals surface area contributed by atoms with Gasteiger partial charge in [-0.2, -0.15) is 0 Å². The molecular weight excluding hydrogens is 184 g/mol. The maximum Gasteiger partial charge on any atom is 0.0373 e. The van der Waals surface area contributed by atoms with Gasteiger partial charge in [0.25, 0.3) is 0 Å². The van der Waals surface area contributed by atoms with Gasteiger partial charge in [0.05, 0.1) is 0 Å². The molecule has 1 fully saturated rings. The topological polar surface area (TPSA) is 24.1 Å². The zero-order valence-corrected chi connectivity index (χ0v) is 9.05. The van der Waals surface area contributed by atoms with E-state index in [0.29, 0.717) is 0 Å². The normalized spacial score (nSPS) is 18.7. The van der Waals surface area contributed by atoms with Crippen molar-refractivity contribution in [3.63, 3.8) is 0 Å². The number of hydrogen-bond donors (Lipinski definition) is 2. The monoisotopic (exact) mass is 202 g/mol. The molecule has 2 aliphatic rings. The van der Waals surface area contributed by atoms with Crippen molar-refractivity contribution in [1.82, 2.24) is 5.32 Å². The minimum Gasteiger partial charge on any atom is -0.384 e. The predicted molar refractivity (Wildman–Crippen MR) is 63.1 cm³/mol. The van der Waals surface area contributed by atoms with Crippen molar-refractivity contribution in [1.29, 1.82) is 0 Å². The first-order chi connectivity index (χ1) is 7.42. The van der Waals surface area contributed by atoms with Gasteiger partial charge in [0.15, 0.2) is 0 Å². The molecule has 2 N–H and O–H groups in total. The van der Waals surface area contributed by atoms with E-state index in [1.54, 1.807) is 0 Å². The second-order valence-corrected chi connectivity index (χ2v) is 4.74. The molecule has 0 atom stereocenters. The molecule has 0 bridgehead atoms. The number of fused-ring (bicyclic) bond motifs is 1. The Hall–Kier alpha value is -1.02. The Morgan fingerprint density at radius 3 is 3.13 bits per heavy atom. The molecule has 1 aliphatic carbocycles. The number of rotatable bonds is 4. The van der Waals surface area contributed by atoms with E-state index in [4.69, 9.17) is 0 Å². The van der Waals surface area contributed by atoms with E-state index in [2.05, 4.69) is 28.8 Å². The maximum absolute atomic E-state index is 3.53. The molecule has 0 spiro atoms. The maximum atomic E-state index is 3.53. The Balaban J connectivity index is 1.59. The summed E-state index contributed by atoms with van der Waals surface area (Å²) in [5.74, 6) is 0.973. The molecule has 2 heteroatoms. The summed E-state index contributed by atoms with van der Waals surface area (Å²) >= 11 is 0. The lowest BCUT2D eigenvalue weighted by Gasteiger charge is -2.06. The van der Waals surface area contributed by atoms with Crippen LogP contribution < -0.4 is 10.6 Å². The standard InChI is InChI=1S/C13H18N2/c1-2-10(1)8-14-9-11-3-4-13-12(7-11)5-6-15-13/h3-4,7,10,14-15H,1-2,5-6,8-9H2. The van der Waals surface area contributed by atoms with Crippen LogP contribution in [0.25, 0.3) is 0 Å². The fourth-order valence-electron chi connectivity index (χ4n) is 2.21. The number of anilines is 1. The molecule has 0 radical (unpaired) electrons. The van der Waals surface area contributed by atoms with Crippen LogP contribution in [0.5, 0.6) is 0 Å². The lowest BCUT2D eigenvalue weighted by atomic mass is 10.1. The van der Waals surface area contributed by atoms with Crippen molar-refractivity contribution in [3.8, 4) is 0 Å². The number of nitrogens with one attached hydrogen (secondary N) is 2. The first-order valence-corrected chi connectivity index (χ1v) is 5.98. The van der Waals surface area contributed by atoms with Crippen LogP contribution in [-0.2, 0) is 13.0 Å². The second kappa shape index (κ2) is 3.86. The molecule has 1 saturated carbocycles. The van der Waals surface area contributed by atoms with Gasteiger partial charge in [0.1, 0.15) is 0 Å².